The second-order valence-corrected chi connectivity index (χ2v) is 6.89. The van der Waals surface area contributed by atoms with E-state index in [9.17, 15) is 18.8 Å². The lowest BCUT2D eigenvalue weighted by atomic mass is 9.95. The fourth-order valence-corrected chi connectivity index (χ4v) is 4.16. The van der Waals surface area contributed by atoms with E-state index in [0.29, 0.717) is 16.8 Å². The average Bonchev–Trinajstić information content (AvgIpc) is 3.06. The van der Waals surface area contributed by atoms with Crippen LogP contribution in [0.5, 0.6) is 0 Å². The van der Waals surface area contributed by atoms with Gasteiger partial charge in [-0.3, -0.25) is 19.3 Å². The molecule has 6 nitrogen and oxygen atoms in total. The van der Waals surface area contributed by atoms with E-state index < -0.39 is 17.4 Å². The van der Waals surface area contributed by atoms with Gasteiger partial charge >= 0.3 is 0 Å². The van der Waals surface area contributed by atoms with Gasteiger partial charge in [0.1, 0.15) is 5.82 Å². The van der Waals surface area contributed by atoms with Crippen LogP contribution < -0.4 is 10.2 Å². The van der Waals surface area contributed by atoms with Gasteiger partial charge in [-0.15, -0.1) is 0 Å². The van der Waals surface area contributed by atoms with Crippen molar-refractivity contribution < 1.29 is 18.8 Å². The molecule has 0 aliphatic carbocycles. The van der Waals surface area contributed by atoms with Crippen LogP contribution >= 0.6 is 0 Å². The Morgan fingerprint density at radius 3 is 2.61 bits per heavy atom. The Balaban J connectivity index is 1.74. The zero-order valence-electron chi connectivity index (χ0n) is 15.4. The number of nitrogens with zero attached hydrogens (tertiary/aromatic N) is 2. The number of rotatable bonds is 4. The lowest BCUT2D eigenvalue weighted by Gasteiger charge is -2.48. The fraction of sp³-hybridized carbons (Fsp3) is 0.286. The Hall–Kier alpha value is -3.22. The van der Waals surface area contributed by atoms with Crippen LogP contribution in [0.15, 0.2) is 48.5 Å². The number of amides is 3. The SMILES string of the molecule is CCN1C(=O)c2ccccc2N2C(=O)CCC12C(=O)NCc1ccccc1F. The summed E-state index contributed by atoms with van der Waals surface area (Å²) in [5, 5.41) is 2.74. The maximum Gasteiger partial charge on any atom is 0.267 e. The molecular formula is C21H20FN3O3. The molecule has 2 aliphatic heterocycles. The summed E-state index contributed by atoms with van der Waals surface area (Å²) >= 11 is 0. The largest absolute Gasteiger partial charge is 0.348 e. The molecule has 2 aliphatic rings. The van der Waals surface area contributed by atoms with Crippen molar-refractivity contribution in [2.75, 3.05) is 11.4 Å². The average molecular weight is 381 g/mol. The van der Waals surface area contributed by atoms with Crippen molar-refractivity contribution >= 4 is 23.4 Å². The summed E-state index contributed by atoms with van der Waals surface area (Å²) in [6.07, 6.45) is 0.355. The molecule has 7 heteroatoms. The van der Waals surface area contributed by atoms with Crippen molar-refractivity contribution in [1.29, 1.82) is 0 Å². The molecule has 0 bridgehead atoms. The minimum atomic E-state index is -1.43. The van der Waals surface area contributed by atoms with E-state index in [1.807, 2.05) is 0 Å². The number of anilines is 1. The van der Waals surface area contributed by atoms with Crippen LogP contribution in [0.4, 0.5) is 10.1 Å². The molecule has 0 saturated carbocycles. The molecule has 0 spiro atoms. The molecule has 3 amide bonds. The zero-order valence-corrected chi connectivity index (χ0v) is 15.4. The van der Waals surface area contributed by atoms with Gasteiger partial charge in [-0.2, -0.15) is 0 Å². The molecule has 2 heterocycles. The molecule has 0 aromatic heterocycles. The highest BCUT2D eigenvalue weighted by molar-refractivity contribution is 6.16. The normalized spacial score (nSPS) is 20.8. The molecule has 1 atom stereocenters. The number of likely N-dealkylation sites (N-methyl/N-ethyl adjacent to an activating group) is 1. The number of benzene rings is 2. The second-order valence-electron chi connectivity index (χ2n) is 6.89. The van der Waals surface area contributed by atoms with Crippen molar-refractivity contribution in [2.45, 2.75) is 32.0 Å². The first-order valence-corrected chi connectivity index (χ1v) is 9.26. The van der Waals surface area contributed by atoms with Crippen LogP contribution in [-0.4, -0.2) is 34.8 Å². The van der Waals surface area contributed by atoms with Gasteiger partial charge in [-0.05, 0) is 25.1 Å². The minimum Gasteiger partial charge on any atom is -0.348 e. The molecule has 28 heavy (non-hydrogen) atoms. The topological polar surface area (TPSA) is 69.7 Å². The molecule has 4 rings (SSSR count). The first kappa shape index (κ1) is 18.2. The van der Waals surface area contributed by atoms with Gasteiger partial charge in [0.05, 0.1) is 11.3 Å². The summed E-state index contributed by atoms with van der Waals surface area (Å²) in [4.78, 5) is 42.0. The van der Waals surface area contributed by atoms with E-state index in [0.717, 1.165) is 0 Å². The van der Waals surface area contributed by atoms with E-state index in [4.69, 9.17) is 0 Å². The number of hydrogen-bond donors (Lipinski definition) is 1. The molecule has 1 N–H and O–H groups in total. The van der Waals surface area contributed by atoms with Crippen LogP contribution in [0.3, 0.4) is 0 Å². The van der Waals surface area contributed by atoms with Gasteiger partial charge in [0.15, 0.2) is 0 Å². The third-order valence-electron chi connectivity index (χ3n) is 5.45. The second kappa shape index (κ2) is 6.74. The van der Waals surface area contributed by atoms with Crippen LogP contribution in [0.2, 0.25) is 0 Å². The van der Waals surface area contributed by atoms with Gasteiger partial charge in [-0.1, -0.05) is 30.3 Å². The number of halogens is 1. The summed E-state index contributed by atoms with van der Waals surface area (Å²) < 4.78 is 13.9. The fourth-order valence-electron chi connectivity index (χ4n) is 4.16. The predicted molar refractivity (Wildman–Crippen MR) is 101 cm³/mol. The predicted octanol–water partition coefficient (Wildman–Crippen LogP) is 2.44. The Morgan fingerprint density at radius 2 is 1.86 bits per heavy atom. The van der Waals surface area contributed by atoms with Crippen LogP contribution in [-0.2, 0) is 16.1 Å². The third kappa shape index (κ3) is 2.50. The Morgan fingerprint density at radius 1 is 1.14 bits per heavy atom. The monoisotopic (exact) mass is 381 g/mol. The van der Waals surface area contributed by atoms with Gasteiger partial charge in [0.2, 0.25) is 11.6 Å². The lowest BCUT2D eigenvalue weighted by Crippen LogP contribution is -2.70. The highest BCUT2D eigenvalue weighted by atomic mass is 19.1. The maximum atomic E-state index is 13.9. The number of para-hydroxylation sites is 1. The Labute approximate surface area is 161 Å². The smallest absolute Gasteiger partial charge is 0.267 e. The molecule has 2 aromatic carbocycles. The van der Waals surface area contributed by atoms with Crippen molar-refractivity contribution in [2.24, 2.45) is 0 Å². The molecule has 144 valence electrons. The van der Waals surface area contributed by atoms with Gasteiger partial charge in [0, 0.05) is 31.5 Å². The van der Waals surface area contributed by atoms with Crippen molar-refractivity contribution in [3.05, 3.63) is 65.5 Å². The molecule has 1 unspecified atom stereocenters. The summed E-state index contributed by atoms with van der Waals surface area (Å²) in [6.45, 7) is 2.02. The van der Waals surface area contributed by atoms with Gasteiger partial charge in [0.25, 0.3) is 11.8 Å². The van der Waals surface area contributed by atoms with Crippen LogP contribution in [0, 0.1) is 5.82 Å². The summed E-state index contributed by atoms with van der Waals surface area (Å²) in [5.74, 6) is -1.40. The van der Waals surface area contributed by atoms with Gasteiger partial charge < -0.3 is 10.2 Å². The quantitative estimate of drug-likeness (QED) is 0.884. The zero-order chi connectivity index (χ0) is 19.9. The van der Waals surface area contributed by atoms with Crippen LogP contribution in [0.25, 0.3) is 0 Å². The van der Waals surface area contributed by atoms with Crippen LogP contribution in [0.1, 0.15) is 35.7 Å². The number of hydrogen-bond acceptors (Lipinski definition) is 3. The highest BCUT2D eigenvalue weighted by Gasteiger charge is 2.60. The van der Waals surface area contributed by atoms with Crippen molar-refractivity contribution in [3.63, 3.8) is 0 Å². The standard InChI is InChI=1S/C21H20FN3O3/c1-2-24-19(27)15-8-4-6-10-17(15)25-18(26)11-12-21(24,25)20(28)23-13-14-7-3-5-9-16(14)22/h3-10H,2,11-13H2,1H3,(H,23,28). The maximum absolute atomic E-state index is 13.9. The molecule has 1 saturated heterocycles. The minimum absolute atomic E-state index is 0.0251. The highest BCUT2D eigenvalue weighted by Crippen LogP contribution is 2.44. The van der Waals surface area contributed by atoms with Crippen molar-refractivity contribution in [3.8, 4) is 0 Å². The van der Waals surface area contributed by atoms with E-state index >= 15 is 0 Å². The van der Waals surface area contributed by atoms with E-state index in [-0.39, 0.29) is 37.7 Å². The van der Waals surface area contributed by atoms with E-state index in [2.05, 4.69) is 5.32 Å². The molecular weight excluding hydrogens is 361 g/mol. The first-order chi connectivity index (χ1) is 13.5. The Kier molecular flexibility index (Phi) is 4.37. The van der Waals surface area contributed by atoms with Crippen molar-refractivity contribution in [1.82, 2.24) is 10.2 Å². The Bertz CT molecular complexity index is 977. The van der Waals surface area contributed by atoms with E-state index in [1.54, 1.807) is 49.4 Å². The number of carbonyl (C=O) groups excluding carboxylic acids is 3. The number of fused-ring (bicyclic) bond motifs is 3. The first-order valence-electron chi connectivity index (χ1n) is 9.26. The van der Waals surface area contributed by atoms with E-state index in [1.165, 1.54) is 15.9 Å². The molecule has 2 aromatic rings. The number of nitrogens with one attached hydrogen (secondary N) is 1. The summed E-state index contributed by atoms with van der Waals surface area (Å²) in [5.41, 5.74) is -0.241. The van der Waals surface area contributed by atoms with Gasteiger partial charge in [-0.25, -0.2) is 4.39 Å². The molecule has 1 fully saturated rings. The summed E-state index contributed by atoms with van der Waals surface area (Å²) in [6, 6.07) is 13.0. The lowest BCUT2D eigenvalue weighted by molar-refractivity contribution is -0.133. The molecule has 0 radical (unpaired) electrons. The number of carbonyl (C=O) groups is 3. The summed E-state index contributed by atoms with van der Waals surface area (Å²) in [7, 11) is 0. The third-order valence-corrected chi connectivity index (χ3v) is 5.45.